The number of nitrogens with one attached hydrogen (secondary N) is 2. The van der Waals surface area contributed by atoms with Gasteiger partial charge in [0.05, 0.1) is 0 Å². The Morgan fingerprint density at radius 2 is 2.04 bits per heavy atom. The molecule has 128 valence electrons. The summed E-state index contributed by atoms with van der Waals surface area (Å²) < 4.78 is 46.6. The number of rotatable bonds is 5. The van der Waals surface area contributed by atoms with Gasteiger partial charge in [-0.05, 0) is 38.1 Å². The normalized spacial score (nSPS) is 17.6. The van der Waals surface area contributed by atoms with Crippen LogP contribution >= 0.6 is 0 Å². The summed E-state index contributed by atoms with van der Waals surface area (Å²) in [6.45, 7) is -0.0515. The molecule has 23 heavy (non-hydrogen) atoms. The first-order chi connectivity index (χ1) is 10.8. The Kier molecular flexibility index (Phi) is 5.48. The molecule has 1 amide bonds. The Balaban J connectivity index is 2.03. The van der Waals surface area contributed by atoms with Gasteiger partial charge < -0.3 is 20.1 Å². The van der Waals surface area contributed by atoms with Crippen molar-refractivity contribution in [3.8, 4) is 5.75 Å². The number of amides is 1. The lowest BCUT2D eigenvalue weighted by Crippen LogP contribution is -2.51. The maximum absolute atomic E-state index is 12.5. The largest absolute Gasteiger partial charge is 0.484 e. The molecular weight excluding hydrogens is 313 g/mol. The molecule has 0 aliphatic carbocycles. The Hall–Kier alpha value is -1.80. The van der Waals surface area contributed by atoms with E-state index in [0.717, 1.165) is 0 Å². The molecule has 1 fully saturated rings. The van der Waals surface area contributed by atoms with Gasteiger partial charge in [0.25, 0.3) is 5.91 Å². The van der Waals surface area contributed by atoms with Crippen molar-refractivity contribution in [3.05, 3.63) is 24.3 Å². The van der Waals surface area contributed by atoms with Gasteiger partial charge in [-0.3, -0.25) is 4.79 Å². The number of benzene rings is 1. The van der Waals surface area contributed by atoms with Gasteiger partial charge in [0.2, 0.25) is 0 Å². The number of hydrogen-bond donors (Lipinski definition) is 2. The molecule has 0 radical (unpaired) electrons. The third-order valence-electron chi connectivity index (χ3n) is 3.71. The van der Waals surface area contributed by atoms with Crippen molar-refractivity contribution in [2.75, 3.05) is 32.1 Å². The van der Waals surface area contributed by atoms with E-state index in [-0.39, 0.29) is 11.7 Å². The van der Waals surface area contributed by atoms with Gasteiger partial charge in [0, 0.05) is 18.9 Å². The zero-order valence-electron chi connectivity index (χ0n) is 12.7. The van der Waals surface area contributed by atoms with Crippen molar-refractivity contribution >= 4 is 11.6 Å². The fourth-order valence-corrected chi connectivity index (χ4v) is 2.43. The number of methoxy groups -OCH3 is 1. The Morgan fingerprint density at radius 3 is 2.65 bits per heavy atom. The van der Waals surface area contributed by atoms with Gasteiger partial charge in [-0.2, -0.15) is 13.2 Å². The second kappa shape index (κ2) is 7.18. The average Bonchev–Trinajstić information content (AvgIpc) is 2.53. The number of hydrogen-bond acceptors (Lipinski definition) is 4. The zero-order chi connectivity index (χ0) is 16.9. The van der Waals surface area contributed by atoms with E-state index in [1.54, 1.807) is 6.07 Å². The number of carbonyl (C=O) groups is 1. The summed E-state index contributed by atoms with van der Waals surface area (Å²) in [6, 6.07) is 5.86. The summed E-state index contributed by atoms with van der Waals surface area (Å²) in [6.07, 6.45) is -3.35. The summed E-state index contributed by atoms with van der Waals surface area (Å²) in [4.78, 5) is 12.5. The van der Waals surface area contributed by atoms with E-state index in [1.807, 2.05) is 0 Å². The van der Waals surface area contributed by atoms with Crippen LogP contribution in [-0.2, 0) is 9.53 Å². The first kappa shape index (κ1) is 17.6. The van der Waals surface area contributed by atoms with Crippen LogP contribution in [0.25, 0.3) is 0 Å². The predicted molar refractivity (Wildman–Crippen MR) is 78.5 cm³/mol. The van der Waals surface area contributed by atoms with Gasteiger partial charge in [-0.15, -0.1) is 0 Å². The Labute approximate surface area is 132 Å². The number of piperidine rings is 1. The lowest BCUT2D eigenvalue weighted by molar-refractivity contribution is -0.153. The molecule has 8 heteroatoms. The molecule has 1 aromatic rings. The SMILES string of the molecule is COC1(C(=O)Nc2cccc(OCC(F)(F)F)c2)CCNCC1. The second-order valence-electron chi connectivity index (χ2n) is 5.33. The van der Waals surface area contributed by atoms with Gasteiger partial charge in [0.1, 0.15) is 11.4 Å². The van der Waals surface area contributed by atoms with Crippen LogP contribution in [0.1, 0.15) is 12.8 Å². The first-order valence-corrected chi connectivity index (χ1v) is 7.22. The molecule has 1 saturated heterocycles. The van der Waals surface area contributed by atoms with Crippen molar-refractivity contribution in [1.29, 1.82) is 0 Å². The minimum absolute atomic E-state index is 0.0388. The minimum Gasteiger partial charge on any atom is -0.484 e. The van der Waals surface area contributed by atoms with Crippen molar-refractivity contribution < 1.29 is 27.4 Å². The molecule has 5 nitrogen and oxygen atoms in total. The summed E-state index contributed by atoms with van der Waals surface area (Å²) in [7, 11) is 1.48. The fraction of sp³-hybridized carbons (Fsp3) is 0.533. The van der Waals surface area contributed by atoms with Crippen LogP contribution in [0.4, 0.5) is 18.9 Å². The summed E-state index contributed by atoms with van der Waals surface area (Å²) in [5.74, 6) is -0.272. The van der Waals surface area contributed by atoms with Crippen LogP contribution in [0.3, 0.4) is 0 Å². The minimum atomic E-state index is -4.41. The number of ether oxygens (including phenoxy) is 2. The highest BCUT2D eigenvalue weighted by atomic mass is 19.4. The molecule has 2 rings (SSSR count). The van der Waals surface area contributed by atoms with Gasteiger partial charge in [0.15, 0.2) is 6.61 Å². The van der Waals surface area contributed by atoms with Gasteiger partial charge in [-0.25, -0.2) is 0 Å². The van der Waals surface area contributed by atoms with Gasteiger partial charge in [-0.1, -0.05) is 6.07 Å². The fourth-order valence-electron chi connectivity index (χ4n) is 2.43. The maximum Gasteiger partial charge on any atom is 0.422 e. The third kappa shape index (κ3) is 4.84. The highest BCUT2D eigenvalue weighted by molar-refractivity contribution is 5.97. The highest BCUT2D eigenvalue weighted by Crippen LogP contribution is 2.26. The molecule has 0 saturated carbocycles. The molecular formula is C15H19F3N2O3. The van der Waals surface area contributed by atoms with Crippen LogP contribution in [0.2, 0.25) is 0 Å². The molecule has 0 bridgehead atoms. The molecule has 1 aliphatic heterocycles. The van der Waals surface area contributed by atoms with Crippen molar-refractivity contribution in [2.24, 2.45) is 0 Å². The zero-order valence-corrected chi connectivity index (χ0v) is 12.7. The van der Waals surface area contributed by atoms with E-state index in [0.29, 0.717) is 31.6 Å². The molecule has 1 aromatic carbocycles. The summed E-state index contributed by atoms with van der Waals surface area (Å²) in [5.41, 5.74) is -0.557. The summed E-state index contributed by atoms with van der Waals surface area (Å²) in [5, 5.41) is 5.83. The molecule has 0 aromatic heterocycles. The van der Waals surface area contributed by atoms with Crippen molar-refractivity contribution in [1.82, 2.24) is 5.32 Å². The van der Waals surface area contributed by atoms with Gasteiger partial charge >= 0.3 is 6.18 Å². The van der Waals surface area contributed by atoms with E-state index in [1.165, 1.54) is 25.3 Å². The molecule has 1 heterocycles. The molecule has 0 spiro atoms. The van der Waals surface area contributed by atoms with E-state index < -0.39 is 18.4 Å². The van der Waals surface area contributed by atoms with E-state index >= 15 is 0 Å². The van der Waals surface area contributed by atoms with Crippen LogP contribution in [0.5, 0.6) is 5.75 Å². The lowest BCUT2D eigenvalue weighted by Gasteiger charge is -2.34. The quantitative estimate of drug-likeness (QED) is 0.869. The van der Waals surface area contributed by atoms with Crippen LogP contribution in [0.15, 0.2) is 24.3 Å². The molecule has 1 aliphatic rings. The highest BCUT2D eigenvalue weighted by Gasteiger charge is 2.39. The van der Waals surface area contributed by atoms with Crippen molar-refractivity contribution in [2.45, 2.75) is 24.6 Å². The number of alkyl halides is 3. The van der Waals surface area contributed by atoms with Crippen molar-refractivity contribution in [3.63, 3.8) is 0 Å². The van der Waals surface area contributed by atoms with E-state index in [2.05, 4.69) is 15.4 Å². The number of halogens is 3. The van der Waals surface area contributed by atoms with Crippen LogP contribution in [-0.4, -0.2) is 44.5 Å². The molecule has 0 atom stereocenters. The summed E-state index contributed by atoms with van der Waals surface area (Å²) >= 11 is 0. The monoisotopic (exact) mass is 332 g/mol. The van der Waals surface area contributed by atoms with Crippen LogP contribution in [0, 0.1) is 0 Å². The Bertz CT molecular complexity index is 543. The number of anilines is 1. The average molecular weight is 332 g/mol. The first-order valence-electron chi connectivity index (χ1n) is 7.22. The van der Waals surface area contributed by atoms with Crippen LogP contribution < -0.4 is 15.4 Å². The smallest absolute Gasteiger partial charge is 0.422 e. The third-order valence-corrected chi connectivity index (χ3v) is 3.71. The predicted octanol–water partition coefficient (Wildman–Crippen LogP) is 2.33. The number of carbonyl (C=O) groups excluding carboxylic acids is 1. The lowest BCUT2D eigenvalue weighted by atomic mass is 9.91. The molecule has 2 N–H and O–H groups in total. The Morgan fingerprint density at radius 1 is 1.35 bits per heavy atom. The van der Waals surface area contributed by atoms with E-state index in [9.17, 15) is 18.0 Å². The molecule has 0 unspecified atom stereocenters. The standard InChI is InChI=1S/C15H19F3N2O3/c1-22-14(5-7-19-8-6-14)13(21)20-11-3-2-4-12(9-11)23-10-15(16,17)18/h2-4,9,19H,5-8,10H2,1H3,(H,20,21). The second-order valence-corrected chi connectivity index (χ2v) is 5.33. The van der Waals surface area contributed by atoms with E-state index in [4.69, 9.17) is 4.74 Å². The topological polar surface area (TPSA) is 59.6 Å². The maximum atomic E-state index is 12.5.